The summed E-state index contributed by atoms with van der Waals surface area (Å²) < 4.78 is 0. The van der Waals surface area contributed by atoms with E-state index in [1.165, 1.54) is 5.56 Å². The van der Waals surface area contributed by atoms with Crippen LogP contribution in [-0.4, -0.2) is 5.84 Å². The van der Waals surface area contributed by atoms with Crippen LogP contribution in [-0.2, 0) is 6.54 Å². The lowest BCUT2D eigenvalue weighted by molar-refractivity contribution is 1.02. The molecule has 0 saturated carbocycles. The summed E-state index contributed by atoms with van der Waals surface area (Å²) in [5, 5.41) is 1.65. The average Bonchev–Trinajstić information content (AvgIpc) is 2.63. The summed E-state index contributed by atoms with van der Waals surface area (Å²) in [6, 6.07) is 28.3. The van der Waals surface area contributed by atoms with Gasteiger partial charge in [0.05, 0.1) is 12.2 Å². The van der Waals surface area contributed by atoms with Crippen LogP contribution in [0.15, 0.2) is 89.9 Å². The van der Waals surface area contributed by atoms with Crippen molar-refractivity contribution in [1.82, 2.24) is 0 Å². The number of nitrogens with two attached hydrogens (primary N) is 1. The van der Waals surface area contributed by atoms with Crippen LogP contribution in [0.1, 0.15) is 16.7 Å². The van der Waals surface area contributed by atoms with Gasteiger partial charge in [-0.1, -0.05) is 72.3 Å². The largest absolute Gasteiger partial charge is 0.262 e. The molecule has 0 aliphatic rings. The molecule has 0 bridgehead atoms. The van der Waals surface area contributed by atoms with E-state index in [2.05, 4.69) is 31.2 Å². The third kappa shape index (κ3) is 3.89. The zero-order chi connectivity index (χ0) is 16.8. The summed E-state index contributed by atoms with van der Waals surface area (Å²) in [4.78, 5) is 4.80. The van der Waals surface area contributed by atoms with Crippen LogP contribution in [0.2, 0.25) is 0 Å². The minimum Gasteiger partial charge on any atom is -0.262 e. The van der Waals surface area contributed by atoms with E-state index < -0.39 is 0 Å². The fourth-order valence-corrected chi connectivity index (χ4v) is 2.55. The molecule has 3 aromatic rings. The van der Waals surface area contributed by atoms with Crippen molar-refractivity contribution in [3.05, 3.63) is 102 Å². The molecule has 3 aromatic carbocycles. The summed E-state index contributed by atoms with van der Waals surface area (Å²) >= 11 is 0. The van der Waals surface area contributed by atoms with Gasteiger partial charge < -0.3 is 0 Å². The van der Waals surface area contributed by atoms with Crippen LogP contribution in [0.25, 0.3) is 0 Å². The van der Waals surface area contributed by atoms with E-state index in [-0.39, 0.29) is 0 Å². The molecule has 0 aliphatic carbocycles. The fraction of sp³-hybridized carbons (Fsp3) is 0.0952. The van der Waals surface area contributed by atoms with Gasteiger partial charge in [-0.3, -0.25) is 10.0 Å². The van der Waals surface area contributed by atoms with Crippen molar-refractivity contribution in [3.63, 3.8) is 0 Å². The lowest BCUT2D eigenvalue weighted by Gasteiger charge is -2.21. The van der Waals surface area contributed by atoms with Gasteiger partial charge in [0, 0.05) is 5.56 Å². The predicted octanol–water partition coefficient (Wildman–Crippen LogP) is 4.32. The van der Waals surface area contributed by atoms with Gasteiger partial charge in [0.1, 0.15) is 5.84 Å². The molecule has 0 saturated heterocycles. The highest BCUT2D eigenvalue weighted by molar-refractivity contribution is 6.09. The maximum atomic E-state index is 6.39. The Morgan fingerprint density at radius 3 is 2.21 bits per heavy atom. The molecule has 0 spiro atoms. The number of hydrogen-bond acceptors (Lipinski definition) is 2. The molecule has 0 heterocycles. The Balaban J connectivity index is 1.97. The van der Waals surface area contributed by atoms with Crippen LogP contribution in [0, 0.1) is 6.92 Å². The second kappa shape index (κ2) is 7.57. The second-order valence-electron chi connectivity index (χ2n) is 5.70. The number of benzene rings is 3. The monoisotopic (exact) mass is 315 g/mol. The first-order valence-corrected chi connectivity index (χ1v) is 7.99. The van der Waals surface area contributed by atoms with Gasteiger partial charge in [-0.15, -0.1) is 0 Å². The SMILES string of the molecule is Cc1cccc(C(=NCc2ccccc2)N(N)c2ccccc2)c1. The van der Waals surface area contributed by atoms with E-state index >= 15 is 0 Å². The quantitative estimate of drug-likeness (QED) is 0.337. The summed E-state index contributed by atoms with van der Waals surface area (Å²) in [5.74, 6) is 7.15. The fourth-order valence-electron chi connectivity index (χ4n) is 2.55. The molecule has 0 aromatic heterocycles. The minimum absolute atomic E-state index is 0.588. The van der Waals surface area contributed by atoms with E-state index in [4.69, 9.17) is 10.8 Å². The van der Waals surface area contributed by atoms with E-state index in [1.807, 2.05) is 60.7 Å². The first-order chi connectivity index (χ1) is 11.7. The molecule has 0 atom stereocenters. The third-order valence-corrected chi connectivity index (χ3v) is 3.79. The van der Waals surface area contributed by atoms with Crippen molar-refractivity contribution in [1.29, 1.82) is 0 Å². The number of anilines is 1. The Kier molecular flexibility index (Phi) is 5.04. The minimum atomic E-state index is 0.588. The van der Waals surface area contributed by atoms with Crippen molar-refractivity contribution in [2.75, 3.05) is 5.01 Å². The second-order valence-corrected chi connectivity index (χ2v) is 5.70. The first-order valence-electron chi connectivity index (χ1n) is 7.99. The van der Waals surface area contributed by atoms with E-state index in [0.717, 1.165) is 22.6 Å². The number of para-hydroxylation sites is 1. The Morgan fingerprint density at radius 1 is 0.875 bits per heavy atom. The Labute approximate surface area is 143 Å². The maximum Gasteiger partial charge on any atom is 0.150 e. The van der Waals surface area contributed by atoms with Gasteiger partial charge in [0.2, 0.25) is 0 Å². The number of nitrogens with zero attached hydrogens (tertiary/aromatic N) is 2. The van der Waals surface area contributed by atoms with Crippen molar-refractivity contribution in [3.8, 4) is 0 Å². The summed E-state index contributed by atoms with van der Waals surface area (Å²) in [5.41, 5.74) is 4.26. The van der Waals surface area contributed by atoms with Crippen LogP contribution in [0.3, 0.4) is 0 Å². The standard InChI is InChI=1S/C21H21N3/c1-17-9-8-12-19(15-17)21(23-16-18-10-4-2-5-11-18)24(22)20-13-6-3-7-14-20/h2-15H,16,22H2,1H3. The van der Waals surface area contributed by atoms with Crippen LogP contribution in [0.4, 0.5) is 5.69 Å². The lowest BCUT2D eigenvalue weighted by Crippen LogP contribution is -2.38. The highest BCUT2D eigenvalue weighted by Crippen LogP contribution is 2.16. The van der Waals surface area contributed by atoms with Crippen LogP contribution < -0.4 is 10.9 Å². The Bertz CT molecular complexity index is 811. The number of hydrogen-bond donors (Lipinski definition) is 1. The molecule has 3 nitrogen and oxygen atoms in total. The molecule has 2 N–H and O–H groups in total. The zero-order valence-corrected chi connectivity index (χ0v) is 13.8. The van der Waals surface area contributed by atoms with Crippen molar-refractivity contribution >= 4 is 11.5 Å². The van der Waals surface area contributed by atoms with Gasteiger partial charge in [-0.2, -0.15) is 0 Å². The van der Waals surface area contributed by atoms with Crippen molar-refractivity contribution in [2.24, 2.45) is 10.8 Å². The van der Waals surface area contributed by atoms with Gasteiger partial charge >= 0.3 is 0 Å². The molecule has 0 amide bonds. The van der Waals surface area contributed by atoms with Gasteiger partial charge in [0.25, 0.3) is 0 Å². The number of hydrazine groups is 1. The van der Waals surface area contributed by atoms with Crippen molar-refractivity contribution < 1.29 is 0 Å². The number of amidine groups is 1. The molecule has 0 radical (unpaired) electrons. The molecular formula is C21H21N3. The molecule has 120 valence electrons. The number of aryl methyl sites for hydroxylation is 1. The zero-order valence-electron chi connectivity index (χ0n) is 13.8. The van der Waals surface area contributed by atoms with Gasteiger partial charge in [-0.25, -0.2) is 5.84 Å². The summed E-state index contributed by atoms with van der Waals surface area (Å²) in [7, 11) is 0. The molecule has 0 unspecified atom stereocenters. The van der Waals surface area contributed by atoms with Crippen molar-refractivity contribution in [2.45, 2.75) is 13.5 Å². The predicted molar refractivity (Wildman–Crippen MR) is 101 cm³/mol. The molecule has 3 rings (SSSR count). The van der Waals surface area contributed by atoms with E-state index in [0.29, 0.717) is 6.54 Å². The molecule has 0 aliphatic heterocycles. The van der Waals surface area contributed by atoms with Gasteiger partial charge in [0.15, 0.2) is 0 Å². The smallest absolute Gasteiger partial charge is 0.150 e. The normalized spacial score (nSPS) is 11.3. The number of aliphatic imine (C=N–C) groups is 1. The highest BCUT2D eigenvalue weighted by Gasteiger charge is 2.12. The average molecular weight is 315 g/mol. The maximum absolute atomic E-state index is 6.39. The highest BCUT2D eigenvalue weighted by atomic mass is 15.4. The topological polar surface area (TPSA) is 41.6 Å². The third-order valence-electron chi connectivity index (χ3n) is 3.79. The van der Waals surface area contributed by atoms with Crippen LogP contribution >= 0.6 is 0 Å². The Morgan fingerprint density at radius 2 is 1.54 bits per heavy atom. The molecule has 3 heteroatoms. The number of rotatable bonds is 4. The van der Waals surface area contributed by atoms with Gasteiger partial charge in [-0.05, 0) is 30.7 Å². The molecule has 0 fully saturated rings. The van der Waals surface area contributed by atoms with E-state index in [9.17, 15) is 0 Å². The molecular weight excluding hydrogens is 294 g/mol. The molecule has 24 heavy (non-hydrogen) atoms. The van der Waals surface area contributed by atoms with E-state index in [1.54, 1.807) is 5.01 Å². The summed E-state index contributed by atoms with van der Waals surface area (Å²) in [6.45, 7) is 2.66. The summed E-state index contributed by atoms with van der Waals surface area (Å²) in [6.07, 6.45) is 0. The lowest BCUT2D eigenvalue weighted by atomic mass is 10.1. The van der Waals surface area contributed by atoms with Crippen LogP contribution in [0.5, 0.6) is 0 Å². The first kappa shape index (κ1) is 16.0. The Hall–Kier alpha value is -2.91.